The predicted octanol–water partition coefficient (Wildman–Crippen LogP) is 3.26. The van der Waals surface area contributed by atoms with Crippen molar-refractivity contribution in [2.24, 2.45) is 10.2 Å². The summed E-state index contributed by atoms with van der Waals surface area (Å²) in [5, 5.41) is 20.9. The number of anilines is 2. The van der Waals surface area contributed by atoms with E-state index < -0.39 is 0 Å². The number of rotatable bonds is 2. The molecule has 2 aromatic rings. The van der Waals surface area contributed by atoms with Gasteiger partial charge in [-0.05, 0) is 58.7 Å². The summed E-state index contributed by atoms with van der Waals surface area (Å²) in [6, 6.07) is 9.96. The molecule has 2 aliphatic rings. The number of fused-ring (bicyclic) bond motifs is 1. The average Bonchev–Trinajstić information content (AvgIpc) is 3.17. The van der Waals surface area contributed by atoms with Crippen molar-refractivity contribution in [3.8, 4) is 5.75 Å². The predicted molar refractivity (Wildman–Crippen MR) is 110 cm³/mol. The fraction of sp³-hybridized carbons (Fsp3) is 0.111. The summed E-state index contributed by atoms with van der Waals surface area (Å²) < 4.78 is 0.780. The van der Waals surface area contributed by atoms with Gasteiger partial charge in [0.15, 0.2) is 10.9 Å². The molecular formula is C18H13BrN4O3S. The number of aryl methyl sites for hydroxylation is 1. The van der Waals surface area contributed by atoms with E-state index >= 15 is 0 Å². The molecule has 1 fully saturated rings. The first-order valence-electron chi connectivity index (χ1n) is 7.97. The van der Waals surface area contributed by atoms with Gasteiger partial charge in [-0.25, -0.2) is 0 Å². The van der Waals surface area contributed by atoms with E-state index in [0.29, 0.717) is 22.1 Å². The maximum absolute atomic E-state index is 12.3. The van der Waals surface area contributed by atoms with E-state index in [2.05, 4.69) is 31.4 Å². The van der Waals surface area contributed by atoms with E-state index in [9.17, 15) is 14.7 Å². The molecule has 1 saturated heterocycles. The van der Waals surface area contributed by atoms with Crippen LogP contribution in [0.1, 0.15) is 11.1 Å². The number of carbonyl (C=O) groups excluding carboxylic acids is 2. The molecule has 2 heterocycles. The minimum Gasteiger partial charge on any atom is -0.508 e. The number of halogens is 1. The van der Waals surface area contributed by atoms with Crippen LogP contribution in [0.3, 0.4) is 0 Å². The number of thioether (sulfide) groups is 1. The van der Waals surface area contributed by atoms with Gasteiger partial charge in [0.2, 0.25) is 5.91 Å². The van der Waals surface area contributed by atoms with Gasteiger partial charge in [0.25, 0.3) is 5.91 Å². The van der Waals surface area contributed by atoms with Crippen LogP contribution in [0.5, 0.6) is 5.75 Å². The van der Waals surface area contributed by atoms with E-state index in [0.717, 1.165) is 10.0 Å². The number of benzene rings is 2. The van der Waals surface area contributed by atoms with Gasteiger partial charge in [0.1, 0.15) is 5.75 Å². The number of aromatic hydroxyl groups is 1. The Kier molecular flexibility index (Phi) is 4.48. The first-order chi connectivity index (χ1) is 13.0. The first kappa shape index (κ1) is 17.7. The van der Waals surface area contributed by atoms with E-state index in [1.165, 1.54) is 28.8 Å². The number of phenolic OH excluding ortho intramolecular Hbond substituents is 1. The van der Waals surface area contributed by atoms with Gasteiger partial charge >= 0.3 is 0 Å². The number of amidine groups is 1. The lowest BCUT2D eigenvalue weighted by molar-refractivity contribution is -0.115. The zero-order chi connectivity index (χ0) is 19.1. The quantitative estimate of drug-likeness (QED) is 0.694. The Balaban J connectivity index is 1.74. The van der Waals surface area contributed by atoms with Gasteiger partial charge in [0, 0.05) is 10.0 Å². The molecule has 0 aromatic heterocycles. The SMILES string of the molecule is Cc1ccc2c(c1Br)/C(=N/N=C1/SCC(=O)N1c1ccc(O)cc1)C(=O)N2. The maximum Gasteiger partial charge on any atom is 0.276 e. The third-order valence-corrected chi connectivity index (χ3v) is 6.08. The second-order valence-corrected chi connectivity index (χ2v) is 7.67. The number of phenols is 1. The van der Waals surface area contributed by atoms with Gasteiger partial charge in [-0.2, -0.15) is 0 Å². The Morgan fingerprint density at radius 2 is 1.89 bits per heavy atom. The number of hydrogen-bond donors (Lipinski definition) is 2. The lowest BCUT2D eigenvalue weighted by atomic mass is 10.1. The molecule has 0 bridgehead atoms. The van der Waals surface area contributed by atoms with Crippen LogP contribution >= 0.6 is 27.7 Å². The van der Waals surface area contributed by atoms with Crippen LogP contribution in [0.25, 0.3) is 0 Å². The molecule has 0 unspecified atom stereocenters. The molecule has 0 atom stereocenters. The fourth-order valence-corrected chi connectivity index (χ4v) is 4.14. The Bertz CT molecular complexity index is 1030. The third kappa shape index (κ3) is 3.13. The van der Waals surface area contributed by atoms with Crippen LogP contribution in [-0.4, -0.2) is 33.6 Å². The lowest BCUT2D eigenvalue weighted by Crippen LogP contribution is -2.29. The molecule has 4 rings (SSSR count). The highest BCUT2D eigenvalue weighted by Crippen LogP contribution is 2.33. The molecule has 2 amide bonds. The summed E-state index contributed by atoms with van der Waals surface area (Å²) in [4.78, 5) is 26.0. The van der Waals surface area contributed by atoms with Gasteiger partial charge in [-0.1, -0.05) is 17.8 Å². The highest BCUT2D eigenvalue weighted by molar-refractivity contribution is 9.10. The summed E-state index contributed by atoms with van der Waals surface area (Å²) in [7, 11) is 0. The van der Waals surface area contributed by atoms with Gasteiger partial charge in [-0.3, -0.25) is 14.5 Å². The monoisotopic (exact) mass is 444 g/mol. The molecule has 2 N–H and O–H groups in total. The highest BCUT2D eigenvalue weighted by Gasteiger charge is 2.32. The largest absolute Gasteiger partial charge is 0.508 e. The number of nitrogens with one attached hydrogen (secondary N) is 1. The molecule has 27 heavy (non-hydrogen) atoms. The second kappa shape index (κ2) is 6.82. The number of carbonyl (C=O) groups is 2. The normalized spacial score (nSPS) is 19.1. The molecule has 0 radical (unpaired) electrons. The fourth-order valence-electron chi connectivity index (χ4n) is 2.79. The van der Waals surface area contributed by atoms with Crippen molar-refractivity contribution in [2.75, 3.05) is 16.0 Å². The summed E-state index contributed by atoms with van der Waals surface area (Å²) in [5.74, 6) is -0.142. The Morgan fingerprint density at radius 3 is 2.63 bits per heavy atom. The van der Waals surface area contributed by atoms with Crippen molar-refractivity contribution in [1.82, 2.24) is 0 Å². The second-order valence-electron chi connectivity index (χ2n) is 5.94. The van der Waals surface area contributed by atoms with Crippen molar-refractivity contribution >= 4 is 61.8 Å². The topological polar surface area (TPSA) is 94.4 Å². The molecule has 2 aromatic carbocycles. The molecule has 0 spiro atoms. The van der Waals surface area contributed by atoms with E-state index in [4.69, 9.17) is 0 Å². The Hall–Kier alpha value is -2.65. The molecule has 9 heteroatoms. The van der Waals surface area contributed by atoms with Crippen LogP contribution in [-0.2, 0) is 9.59 Å². The molecular weight excluding hydrogens is 432 g/mol. The third-order valence-electron chi connectivity index (χ3n) is 4.14. The highest BCUT2D eigenvalue weighted by atomic mass is 79.9. The molecule has 0 saturated carbocycles. The van der Waals surface area contributed by atoms with Crippen molar-refractivity contribution in [1.29, 1.82) is 0 Å². The number of amides is 2. The minimum absolute atomic E-state index is 0.108. The number of nitrogens with zero attached hydrogens (tertiary/aromatic N) is 3. The van der Waals surface area contributed by atoms with Crippen LogP contribution in [0, 0.1) is 6.92 Å². The lowest BCUT2D eigenvalue weighted by Gasteiger charge is -2.15. The van der Waals surface area contributed by atoms with Crippen LogP contribution in [0.2, 0.25) is 0 Å². The van der Waals surface area contributed by atoms with Crippen LogP contribution in [0.15, 0.2) is 51.1 Å². The zero-order valence-corrected chi connectivity index (χ0v) is 16.5. The van der Waals surface area contributed by atoms with Crippen molar-refractivity contribution in [3.05, 3.63) is 52.0 Å². The van der Waals surface area contributed by atoms with Crippen molar-refractivity contribution < 1.29 is 14.7 Å². The standard InChI is InChI=1S/C18H13BrN4O3S/c1-9-2-7-12-14(15(9)19)16(17(26)20-12)21-22-18-23(13(25)8-27-18)10-3-5-11(24)6-4-10/h2-7,24H,8H2,1H3,(H,20,21,26)/b22-18+. The average molecular weight is 445 g/mol. The summed E-state index contributed by atoms with van der Waals surface area (Å²) in [5.41, 5.74) is 3.08. The minimum atomic E-state index is -0.342. The van der Waals surface area contributed by atoms with E-state index in [1.807, 2.05) is 19.1 Å². The smallest absolute Gasteiger partial charge is 0.276 e. The molecule has 2 aliphatic heterocycles. The van der Waals surface area contributed by atoms with Crippen molar-refractivity contribution in [2.45, 2.75) is 6.92 Å². The van der Waals surface area contributed by atoms with Crippen molar-refractivity contribution in [3.63, 3.8) is 0 Å². The molecule has 0 aliphatic carbocycles. The van der Waals surface area contributed by atoms with E-state index in [-0.39, 0.29) is 29.0 Å². The van der Waals surface area contributed by atoms with E-state index in [1.54, 1.807) is 12.1 Å². The van der Waals surface area contributed by atoms with Crippen LogP contribution < -0.4 is 10.2 Å². The summed E-state index contributed by atoms with van der Waals surface area (Å²) in [6.07, 6.45) is 0. The Labute approximate surface area is 167 Å². The molecule has 7 nitrogen and oxygen atoms in total. The zero-order valence-electron chi connectivity index (χ0n) is 14.1. The molecule has 136 valence electrons. The van der Waals surface area contributed by atoms with Gasteiger partial charge in [-0.15, -0.1) is 10.2 Å². The summed E-state index contributed by atoms with van der Waals surface area (Å²) in [6.45, 7) is 1.93. The Morgan fingerprint density at radius 1 is 1.15 bits per heavy atom. The maximum atomic E-state index is 12.3. The van der Waals surface area contributed by atoms with Gasteiger partial charge in [0.05, 0.1) is 17.1 Å². The first-order valence-corrected chi connectivity index (χ1v) is 9.75. The van der Waals surface area contributed by atoms with Crippen LogP contribution in [0.4, 0.5) is 11.4 Å². The number of hydrogen-bond acceptors (Lipinski definition) is 6. The summed E-state index contributed by atoms with van der Waals surface area (Å²) >= 11 is 4.75. The van der Waals surface area contributed by atoms with Gasteiger partial charge < -0.3 is 10.4 Å².